The van der Waals surface area contributed by atoms with Crippen molar-refractivity contribution in [2.24, 2.45) is 0 Å². The molecule has 4 atom stereocenters. The van der Waals surface area contributed by atoms with Gasteiger partial charge in [0.05, 0.1) is 6.10 Å². The SMILES string of the molecule is CO[C@@H]1[C@H]2OC(C)(C)O[C@H]2O[C@@H]1CCO. The maximum absolute atomic E-state index is 8.89. The third kappa shape index (κ3) is 2.03. The molecule has 0 amide bonds. The van der Waals surface area contributed by atoms with Crippen LogP contribution in [-0.4, -0.2) is 49.2 Å². The molecule has 2 heterocycles. The van der Waals surface area contributed by atoms with E-state index in [9.17, 15) is 0 Å². The van der Waals surface area contributed by atoms with Crippen molar-refractivity contribution >= 4 is 0 Å². The number of ether oxygens (including phenoxy) is 4. The Labute approximate surface area is 89.3 Å². The molecule has 88 valence electrons. The number of fused-ring (bicyclic) bond motifs is 1. The fourth-order valence-corrected chi connectivity index (χ4v) is 2.19. The molecule has 0 unspecified atom stereocenters. The number of methoxy groups -OCH3 is 1. The molecule has 2 rings (SSSR count). The van der Waals surface area contributed by atoms with Crippen LogP contribution in [0.25, 0.3) is 0 Å². The second-order valence-corrected chi connectivity index (χ2v) is 4.36. The molecule has 1 N–H and O–H groups in total. The first-order valence-corrected chi connectivity index (χ1v) is 5.22. The molecule has 0 bridgehead atoms. The van der Waals surface area contributed by atoms with E-state index in [0.29, 0.717) is 6.42 Å². The molecule has 5 nitrogen and oxygen atoms in total. The van der Waals surface area contributed by atoms with Crippen molar-refractivity contribution in [1.82, 2.24) is 0 Å². The number of rotatable bonds is 3. The first kappa shape index (κ1) is 11.3. The van der Waals surface area contributed by atoms with E-state index in [-0.39, 0.29) is 31.2 Å². The third-order valence-electron chi connectivity index (χ3n) is 2.77. The van der Waals surface area contributed by atoms with Gasteiger partial charge in [-0.2, -0.15) is 0 Å². The van der Waals surface area contributed by atoms with Crippen molar-refractivity contribution < 1.29 is 24.1 Å². The van der Waals surface area contributed by atoms with Gasteiger partial charge >= 0.3 is 0 Å². The van der Waals surface area contributed by atoms with Crippen molar-refractivity contribution in [2.75, 3.05) is 13.7 Å². The Morgan fingerprint density at radius 2 is 2.07 bits per heavy atom. The summed E-state index contributed by atoms with van der Waals surface area (Å²) in [6, 6.07) is 0. The summed E-state index contributed by atoms with van der Waals surface area (Å²) in [6.45, 7) is 3.78. The minimum Gasteiger partial charge on any atom is -0.396 e. The summed E-state index contributed by atoms with van der Waals surface area (Å²) in [5.41, 5.74) is 0. The molecule has 0 aliphatic carbocycles. The summed E-state index contributed by atoms with van der Waals surface area (Å²) in [5, 5.41) is 8.89. The van der Waals surface area contributed by atoms with Crippen LogP contribution in [0.3, 0.4) is 0 Å². The van der Waals surface area contributed by atoms with Crippen molar-refractivity contribution in [3.8, 4) is 0 Å². The normalized spacial score (nSPS) is 43.2. The molecule has 2 saturated heterocycles. The smallest absolute Gasteiger partial charge is 0.190 e. The summed E-state index contributed by atoms with van der Waals surface area (Å²) in [5.74, 6) is -0.615. The molecule has 0 aromatic carbocycles. The summed E-state index contributed by atoms with van der Waals surface area (Å²) < 4.78 is 22.2. The van der Waals surface area contributed by atoms with Gasteiger partial charge in [-0.25, -0.2) is 0 Å². The van der Waals surface area contributed by atoms with Crippen LogP contribution in [-0.2, 0) is 18.9 Å². The number of aliphatic hydroxyl groups is 1. The lowest BCUT2D eigenvalue weighted by Crippen LogP contribution is -2.36. The first-order chi connectivity index (χ1) is 7.07. The molecule has 2 fully saturated rings. The summed E-state index contributed by atoms with van der Waals surface area (Å²) in [4.78, 5) is 0. The Morgan fingerprint density at radius 3 is 2.67 bits per heavy atom. The van der Waals surface area contributed by atoms with Crippen LogP contribution in [0.15, 0.2) is 0 Å². The van der Waals surface area contributed by atoms with Crippen molar-refractivity contribution in [2.45, 2.75) is 50.7 Å². The first-order valence-electron chi connectivity index (χ1n) is 5.22. The van der Waals surface area contributed by atoms with E-state index in [0.717, 1.165) is 0 Å². The molecule has 2 aliphatic rings. The van der Waals surface area contributed by atoms with Crippen LogP contribution in [0, 0.1) is 0 Å². The van der Waals surface area contributed by atoms with E-state index >= 15 is 0 Å². The number of aliphatic hydroxyl groups excluding tert-OH is 1. The lowest BCUT2D eigenvalue weighted by Gasteiger charge is -2.24. The van der Waals surface area contributed by atoms with Gasteiger partial charge in [-0.1, -0.05) is 0 Å². The minimum atomic E-state index is -0.615. The predicted octanol–water partition coefficient (Wildman–Crippen LogP) is 0.260. The van der Waals surface area contributed by atoms with Gasteiger partial charge in [0.25, 0.3) is 0 Å². The summed E-state index contributed by atoms with van der Waals surface area (Å²) >= 11 is 0. The van der Waals surface area contributed by atoms with E-state index in [4.69, 9.17) is 24.1 Å². The molecule has 15 heavy (non-hydrogen) atoms. The maximum atomic E-state index is 8.89. The fourth-order valence-electron chi connectivity index (χ4n) is 2.19. The van der Waals surface area contributed by atoms with Crippen molar-refractivity contribution in [3.63, 3.8) is 0 Å². The highest BCUT2D eigenvalue weighted by Crippen LogP contribution is 2.39. The van der Waals surface area contributed by atoms with Crippen molar-refractivity contribution in [1.29, 1.82) is 0 Å². The molecular formula is C10H18O5. The van der Waals surface area contributed by atoms with Gasteiger partial charge in [-0.15, -0.1) is 0 Å². The van der Waals surface area contributed by atoms with Crippen LogP contribution in [0.5, 0.6) is 0 Å². The third-order valence-corrected chi connectivity index (χ3v) is 2.77. The molecule has 0 aromatic rings. The lowest BCUT2D eigenvalue weighted by molar-refractivity contribution is -0.217. The van der Waals surface area contributed by atoms with Gasteiger partial charge < -0.3 is 24.1 Å². The minimum absolute atomic E-state index is 0.0767. The van der Waals surface area contributed by atoms with E-state index in [1.54, 1.807) is 7.11 Å². The Bertz CT molecular complexity index is 230. The van der Waals surface area contributed by atoms with Gasteiger partial charge in [0.2, 0.25) is 0 Å². The zero-order chi connectivity index (χ0) is 11.1. The largest absolute Gasteiger partial charge is 0.396 e. The average Bonchev–Trinajstić information content (AvgIpc) is 2.56. The molecule has 0 aromatic heterocycles. The van der Waals surface area contributed by atoms with Gasteiger partial charge in [-0.3, -0.25) is 0 Å². The van der Waals surface area contributed by atoms with Crippen LogP contribution in [0.2, 0.25) is 0 Å². The average molecular weight is 218 g/mol. The van der Waals surface area contributed by atoms with Gasteiger partial charge in [-0.05, 0) is 20.3 Å². The zero-order valence-corrected chi connectivity index (χ0v) is 9.30. The molecule has 0 saturated carbocycles. The Hall–Kier alpha value is -0.200. The van der Waals surface area contributed by atoms with Crippen LogP contribution >= 0.6 is 0 Å². The standard InChI is InChI=1S/C10H18O5/c1-10(2)14-8-7(12-3)6(4-5-11)13-9(8)15-10/h6-9,11H,4-5H2,1-3H3/t6-,7+,8-,9-/m1/s1. The highest BCUT2D eigenvalue weighted by Gasteiger charge is 2.54. The quantitative estimate of drug-likeness (QED) is 0.736. The number of hydrogen-bond donors (Lipinski definition) is 1. The van der Waals surface area contributed by atoms with E-state index in [2.05, 4.69) is 0 Å². The molecule has 0 radical (unpaired) electrons. The molecule has 0 spiro atoms. The van der Waals surface area contributed by atoms with Gasteiger partial charge in [0.15, 0.2) is 12.1 Å². The lowest BCUT2D eigenvalue weighted by atomic mass is 10.1. The van der Waals surface area contributed by atoms with Crippen LogP contribution in [0.4, 0.5) is 0 Å². The zero-order valence-electron chi connectivity index (χ0n) is 9.30. The van der Waals surface area contributed by atoms with Crippen molar-refractivity contribution in [3.05, 3.63) is 0 Å². The van der Waals surface area contributed by atoms with E-state index in [1.165, 1.54) is 0 Å². The van der Waals surface area contributed by atoms with Crippen LogP contribution in [0.1, 0.15) is 20.3 Å². The fraction of sp³-hybridized carbons (Fsp3) is 1.00. The van der Waals surface area contributed by atoms with Gasteiger partial charge in [0.1, 0.15) is 12.2 Å². The highest BCUT2D eigenvalue weighted by atomic mass is 16.8. The predicted molar refractivity (Wildman–Crippen MR) is 51.2 cm³/mol. The van der Waals surface area contributed by atoms with E-state index < -0.39 is 5.79 Å². The monoisotopic (exact) mass is 218 g/mol. The maximum Gasteiger partial charge on any atom is 0.190 e. The molecule has 5 heteroatoms. The Balaban J connectivity index is 2.04. The topological polar surface area (TPSA) is 57.2 Å². The second kappa shape index (κ2) is 3.99. The second-order valence-electron chi connectivity index (χ2n) is 4.36. The van der Waals surface area contributed by atoms with Gasteiger partial charge in [0, 0.05) is 13.7 Å². The summed E-state index contributed by atoms with van der Waals surface area (Å²) in [7, 11) is 1.62. The summed E-state index contributed by atoms with van der Waals surface area (Å²) in [6.07, 6.45) is -0.336. The highest BCUT2D eigenvalue weighted by molar-refractivity contribution is 4.93. The Kier molecular flexibility index (Phi) is 3.00. The van der Waals surface area contributed by atoms with E-state index in [1.807, 2.05) is 13.8 Å². The molecule has 2 aliphatic heterocycles. The van der Waals surface area contributed by atoms with Crippen LogP contribution < -0.4 is 0 Å². The molecular weight excluding hydrogens is 200 g/mol. The number of hydrogen-bond acceptors (Lipinski definition) is 5. The Morgan fingerprint density at radius 1 is 1.33 bits per heavy atom.